The molecule has 0 aliphatic carbocycles. The summed E-state index contributed by atoms with van der Waals surface area (Å²) in [5, 5.41) is 5.35. The van der Waals surface area contributed by atoms with Gasteiger partial charge in [-0.2, -0.15) is 0 Å². The summed E-state index contributed by atoms with van der Waals surface area (Å²) in [5.41, 5.74) is 6.34. The molecule has 104 valence electrons. The summed E-state index contributed by atoms with van der Waals surface area (Å²) >= 11 is 0. The second-order valence-corrected chi connectivity index (χ2v) is 5.05. The smallest absolute Gasteiger partial charge is 0.251 e. The van der Waals surface area contributed by atoms with Gasteiger partial charge in [0.25, 0.3) is 5.91 Å². The first-order valence-electron chi connectivity index (χ1n) is 6.20. The lowest BCUT2D eigenvalue weighted by Crippen LogP contribution is -2.43. The van der Waals surface area contributed by atoms with Crippen molar-refractivity contribution in [1.82, 2.24) is 10.6 Å². The summed E-state index contributed by atoms with van der Waals surface area (Å²) in [6.07, 6.45) is 0. The SMILES string of the molecule is CNC(=O)C(C)(C)CNC(=O)c1cccc(CN)c1. The summed E-state index contributed by atoms with van der Waals surface area (Å²) in [5.74, 6) is -0.309. The molecule has 0 aliphatic heterocycles. The van der Waals surface area contributed by atoms with Crippen LogP contribution in [0, 0.1) is 5.41 Å². The second kappa shape index (κ2) is 6.33. The fourth-order valence-electron chi connectivity index (χ4n) is 1.66. The van der Waals surface area contributed by atoms with Gasteiger partial charge in [-0.05, 0) is 31.5 Å². The van der Waals surface area contributed by atoms with E-state index in [0.29, 0.717) is 12.1 Å². The van der Waals surface area contributed by atoms with E-state index < -0.39 is 5.41 Å². The topological polar surface area (TPSA) is 84.2 Å². The van der Waals surface area contributed by atoms with E-state index in [1.54, 1.807) is 39.1 Å². The summed E-state index contributed by atoms with van der Waals surface area (Å²) in [6.45, 7) is 4.23. The fraction of sp³-hybridized carbons (Fsp3) is 0.429. The lowest BCUT2D eigenvalue weighted by Gasteiger charge is -2.22. The largest absolute Gasteiger partial charge is 0.359 e. The lowest BCUT2D eigenvalue weighted by molar-refractivity contribution is -0.128. The molecule has 0 aliphatic rings. The van der Waals surface area contributed by atoms with Crippen LogP contribution in [0.5, 0.6) is 0 Å². The Kier molecular flexibility index (Phi) is 5.06. The standard InChI is InChI=1S/C14H21N3O2/c1-14(2,13(19)16-3)9-17-12(18)11-6-4-5-10(7-11)8-15/h4-7H,8-9,15H2,1-3H3,(H,16,19)(H,17,18). The Morgan fingerprint density at radius 3 is 2.58 bits per heavy atom. The molecular weight excluding hydrogens is 242 g/mol. The number of nitrogens with two attached hydrogens (primary N) is 1. The molecule has 0 unspecified atom stereocenters. The quantitative estimate of drug-likeness (QED) is 0.729. The van der Waals surface area contributed by atoms with Gasteiger partial charge in [0.15, 0.2) is 0 Å². The molecule has 4 N–H and O–H groups in total. The molecule has 5 heteroatoms. The van der Waals surface area contributed by atoms with Gasteiger partial charge >= 0.3 is 0 Å². The summed E-state index contributed by atoms with van der Waals surface area (Å²) in [6, 6.07) is 7.13. The molecule has 0 aromatic heterocycles. The van der Waals surface area contributed by atoms with Crippen molar-refractivity contribution in [3.05, 3.63) is 35.4 Å². The Morgan fingerprint density at radius 2 is 2.00 bits per heavy atom. The number of amides is 2. The number of carbonyl (C=O) groups is 2. The normalized spacial score (nSPS) is 10.9. The third kappa shape index (κ3) is 4.06. The van der Waals surface area contributed by atoms with Gasteiger partial charge in [-0.25, -0.2) is 0 Å². The minimum Gasteiger partial charge on any atom is -0.359 e. The summed E-state index contributed by atoms with van der Waals surface area (Å²) in [4.78, 5) is 23.6. The number of hydrogen-bond donors (Lipinski definition) is 3. The van der Waals surface area contributed by atoms with Gasteiger partial charge < -0.3 is 16.4 Å². The maximum atomic E-state index is 12.0. The Balaban J connectivity index is 2.67. The highest BCUT2D eigenvalue weighted by atomic mass is 16.2. The molecule has 0 radical (unpaired) electrons. The molecule has 1 aromatic carbocycles. The number of carbonyl (C=O) groups excluding carboxylic acids is 2. The molecule has 0 atom stereocenters. The molecule has 1 aromatic rings. The predicted molar refractivity (Wildman–Crippen MR) is 74.5 cm³/mol. The maximum Gasteiger partial charge on any atom is 0.251 e. The van der Waals surface area contributed by atoms with Crippen molar-refractivity contribution in [2.24, 2.45) is 11.1 Å². The van der Waals surface area contributed by atoms with Gasteiger partial charge in [-0.3, -0.25) is 9.59 Å². The van der Waals surface area contributed by atoms with Crippen LogP contribution >= 0.6 is 0 Å². The highest BCUT2D eigenvalue weighted by molar-refractivity contribution is 5.94. The first-order valence-corrected chi connectivity index (χ1v) is 6.20. The summed E-state index contributed by atoms with van der Waals surface area (Å²) in [7, 11) is 1.58. The molecule has 0 saturated heterocycles. The van der Waals surface area contributed by atoms with E-state index in [-0.39, 0.29) is 18.4 Å². The van der Waals surface area contributed by atoms with E-state index in [9.17, 15) is 9.59 Å². The van der Waals surface area contributed by atoms with Crippen LogP contribution in [0.1, 0.15) is 29.8 Å². The molecule has 5 nitrogen and oxygen atoms in total. The highest BCUT2D eigenvalue weighted by Crippen LogP contribution is 2.13. The van der Waals surface area contributed by atoms with E-state index in [4.69, 9.17) is 5.73 Å². The molecule has 0 bridgehead atoms. The van der Waals surface area contributed by atoms with Crippen molar-refractivity contribution in [3.63, 3.8) is 0 Å². The average molecular weight is 263 g/mol. The molecule has 1 rings (SSSR count). The third-order valence-corrected chi connectivity index (χ3v) is 2.96. The Bertz CT molecular complexity index is 470. The van der Waals surface area contributed by atoms with E-state index in [1.807, 2.05) is 6.07 Å². The van der Waals surface area contributed by atoms with E-state index in [0.717, 1.165) is 5.56 Å². The molecular formula is C14H21N3O2. The molecule has 0 heterocycles. The van der Waals surface area contributed by atoms with Crippen molar-refractivity contribution in [3.8, 4) is 0 Å². The first-order chi connectivity index (χ1) is 8.90. The number of nitrogens with one attached hydrogen (secondary N) is 2. The van der Waals surface area contributed by atoms with Gasteiger partial charge in [0.1, 0.15) is 0 Å². The third-order valence-electron chi connectivity index (χ3n) is 2.96. The van der Waals surface area contributed by atoms with Crippen molar-refractivity contribution >= 4 is 11.8 Å². The van der Waals surface area contributed by atoms with Gasteiger partial charge in [0.2, 0.25) is 5.91 Å². The van der Waals surface area contributed by atoms with Gasteiger partial charge in [0.05, 0.1) is 5.41 Å². The zero-order valence-corrected chi connectivity index (χ0v) is 11.6. The molecule has 0 spiro atoms. The average Bonchev–Trinajstić information content (AvgIpc) is 2.43. The van der Waals surface area contributed by atoms with Crippen molar-refractivity contribution in [1.29, 1.82) is 0 Å². The van der Waals surface area contributed by atoms with Crippen molar-refractivity contribution < 1.29 is 9.59 Å². The molecule has 2 amide bonds. The predicted octanol–water partition coefficient (Wildman–Crippen LogP) is 0.647. The Morgan fingerprint density at radius 1 is 1.32 bits per heavy atom. The van der Waals surface area contributed by atoms with Crippen LogP contribution in [0.4, 0.5) is 0 Å². The van der Waals surface area contributed by atoms with Crippen LogP contribution in [0.2, 0.25) is 0 Å². The fourth-order valence-corrected chi connectivity index (χ4v) is 1.66. The van der Waals surface area contributed by atoms with Crippen molar-refractivity contribution in [2.75, 3.05) is 13.6 Å². The van der Waals surface area contributed by atoms with E-state index in [1.165, 1.54) is 0 Å². The zero-order valence-electron chi connectivity index (χ0n) is 11.6. The van der Waals surface area contributed by atoms with Crippen molar-refractivity contribution in [2.45, 2.75) is 20.4 Å². The van der Waals surface area contributed by atoms with Crippen LogP contribution in [-0.2, 0) is 11.3 Å². The van der Waals surface area contributed by atoms with Gasteiger partial charge in [0, 0.05) is 25.7 Å². The summed E-state index contributed by atoms with van der Waals surface area (Å²) < 4.78 is 0. The minimum absolute atomic E-state index is 0.108. The van der Waals surface area contributed by atoms with Crippen LogP contribution < -0.4 is 16.4 Å². The minimum atomic E-state index is -0.643. The Labute approximate surface area is 113 Å². The van der Waals surface area contributed by atoms with E-state index >= 15 is 0 Å². The first kappa shape index (κ1) is 15.2. The van der Waals surface area contributed by atoms with Crippen LogP contribution in [0.15, 0.2) is 24.3 Å². The van der Waals surface area contributed by atoms with Gasteiger partial charge in [-0.15, -0.1) is 0 Å². The number of benzene rings is 1. The Hall–Kier alpha value is -1.88. The molecule has 0 saturated carbocycles. The number of rotatable bonds is 5. The van der Waals surface area contributed by atoms with E-state index in [2.05, 4.69) is 10.6 Å². The zero-order chi connectivity index (χ0) is 14.5. The van der Waals surface area contributed by atoms with Gasteiger partial charge in [-0.1, -0.05) is 12.1 Å². The highest BCUT2D eigenvalue weighted by Gasteiger charge is 2.27. The molecule has 19 heavy (non-hydrogen) atoms. The lowest BCUT2D eigenvalue weighted by atomic mass is 9.92. The second-order valence-electron chi connectivity index (χ2n) is 5.05. The van der Waals surface area contributed by atoms with Crippen LogP contribution in [0.25, 0.3) is 0 Å². The maximum absolute atomic E-state index is 12.0. The van der Waals surface area contributed by atoms with Crippen LogP contribution in [-0.4, -0.2) is 25.4 Å². The monoisotopic (exact) mass is 263 g/mol. The number of hydrogen-bond acceptors (Lipinski definition) is 3. The molecule has 0 fully saturated rings. The van der Waals surface area contributed by atoms with Crippen LogP contribution in [0.3, 0.4) is 0 Å².